The average molecular weight is 253 g/mol. The van der Waals surface area contributed by atoms with E-state index < -0.39 is 5.92 Å². The van der Waals surface area contributed by atoms with Gasteiger partial charge in [0, 0.05) is 13.1 Å². The third-order valence-electron chi connectivity index (χ3n) is 4.40. The van der Waals surface area contributed by atoms with Gasteiger partial charge in [0.2, 0.25) is 5.91 Å². The summed E-state index contributed by atoms with van der Waals surface area (Å²) in [4.78, 5) is 14.4. The van der Waals surface area contributed by atoms with E-state index in [4.69, 9.17) is 10.9 Å². The largest absolute Gasteiger partial charge is 0.409 e. The number of likely N-dealkylation sites (tertiary alicyclic amines) is 1. The second-order valence-corrected chi connectivity index (χ2v) is 5.94. The number of nitrogens with zero attached hydrogens (tertiary/aromatic N) is 2. The van der Waals surface area contributed by atoms with Crippen molar-refractivity contribution in [2.24, 2.45) is 34.6 Å². The van der Waals surface area contributed by atoms with Crippen LogP contribution in [-0.4, -0.2) is 34.9 Å². The maximum Gasteiger partial charge on any atom is 0.233 e. The van der Waals surface area contributed by atoms with Crippen molar-refractivity contribution in [3.05, 3.63) is 0 Å². The molecule has 5 nitrogen and oxygen atoms in total. The fourth-order valence-electron chi connectivity index (χ4n) is 3.43. The van der Waals surface area contributed by atoms with Crippen LogP contribution in [0.5, 0.6) is 0 Å². The Labute approximate surface area is 108 Å². The van der Waals surface area contributed by atoms with E-state index in [0.717, 1.165) is 13.1 Å². The van der Waals surface area contributed by atoms with E-state index in [2.05, 4.69) is 5.16 Å². The van der Waals surface area contributed by atoms with Crippen LogP contribution in [0, 0.1) is 23.7 Å². The van der Waals surface area contributed by atoms with Gasteiger partial charge in [-0.2, -0.15) is 0 Å². The highest BCUT2D eigenvalue weighted by Gasteiger charge is 2.41. The van der Waals surface area contributed by atoms with Crippen LogP contribution in [0.1, 0.15) is 33.1 Å². The van der Waals surface area contributed by atoms with Gasteiger partial charge in [0.15, 0.2) is 5.84 Å². The van der Waals surface area contributed by atoms with Crippen LogP contribution in [0.4, 0.5) is 0 Å². The highest BCUT2D eigenvalue weighted by Crippen LogP contribution is 2.38. The molecule has 0 bridgehead atoms. The summed E-state index contributed by atoms with van der Waals surface area (Å²) >= 11 is 0. The van der Waals surface area contributed by atoms with Gasteiger partial charge in [0.05, 0.1) is 0 Å². The lowest BCUT2D eigenvalue weighted by Gasteiger charge is -2.25. The van der Waals surface area contributed by atoms with Crippen molar-refractivity contribution in [1.82, 2.24) is 4.90 Å². The average Bonchev–Trinajstić information content (AvgIpc) is 2.88. The highest BCUT2D eigenvalue weighted by atomic mass is 16.4. The summed E-state index contributed by atoms with van der Waals surface area (Å²) in [7, 11) is 0. The van der Waals surface area contributed by atoms with Crippen molar-refractivity contribution in [2.45, 2.75) is 33.1 Å². The first-order valence-electron chi connectivity index (χ1n) is 6.80. The molecular weight excluding hydrogens is 230 g/mol. The Balaban J connectivity index is 2.06. The fourth-order valence-corrected chi connectivity index (χ4v) is 3.43. The van der Waals surface area contributed by atoms with Crippen LogP contribution in [-0.2, 0) is 4.79 Å². The normalized spacial score (nSPS) is 29.7. The van der Waals surface area contributed by atoms with Crippen molar-refractivity contribution < 1.29 is 10.0 Å². The fraction of sp³-hybridized carbons (Fsp3) is 0.846. The molecule has 2 fully saturated rings. The van der Waals surface area contributed by atoms with Crippen molar-refractivity contribution >= 4 is 11.7 Å². The third kappa shape index (κ3) is 2.31. The molecule has 0 aromatic heterocycles. The van der Waals surface area contributed by atoms with Gasteiger partial charge in [-0.05, 0) is 30.6 Å². The quantitative estimate of drug-likeness (QED) is 0.344. The first-order valence-corrected chi connectivity index (χ1v) is 6.80. The van der Waals surface area contributed by atoms with Crippen molar-refractivity contribution in [3.8, 4) is 0 Å². The number of nitrogens with two attached hydrogens (primary N) is 1. The number of amides is 1. The molecule has 1 aliphatic carbocycles. The molecule has 5 heteroatoms. The van der Waals surface area contributed by atoms with Crippen molar-refractivity contribution in [1.29, 1.82) is 0 Å². The molecule has 18 heavy (non-hydrogen) atoms. The summed E-state index contributed by atoms with van der Waals surface area (Å²) in [5.74, 6) is 0.965. The molecule has 102 valence electrons. The number of carbonyl (C=O) groups excluding carboxylic acids is 1. The zero-order valence-electron chi connectivity index (χ0n) is 11.2. The lowest BCUT2D eigenvalue weighted by Crippen LogP contribution is -2.43. The van der Waals surface area contributed by atoms with E-state index in [-0.39, 0.29) is 17.7 Å². The first kappa shape index (κ1) is 13.2. The molecule has 0 aromatic rings. The third-order valence-corrected chi connectivity index (χ3v) is 4.40. The minimum atomic E-state index is -0.492. The molecule has 3 unspecified atom stereocenters. The first-order chi connectivity index (χ1) is 8.54. The summed E-state index contributed by atoms with van der Waals surface area (Å²) in [6.07, 6.45) is 3.78. The zero-order valence-corrected chi connectivity index (χ0v) is 11.2. The van der Waals surface area contributed by atoms with Crippen molar-refractivity contribution in [3.63, 3.8) is 0 Å². The van der Waals surface area contributed by atoms with E-state index in [1.54, 1.807) is 0 Å². The molecule has 0 radical (unpaired) electrons. The predicted octanol–water partition coefficient (Wildman–Crippen LogP) is 1.26. The Morgan fingerprint density at radius 1 is 1.33 bits per heavy atom. The lowest BCUT2D eigenvalue weighted by molar-refractivity contribution is -0.133. The van der Waals surface area contributed by atoms with Crippen LogP contribution in [0.15, 0.2) is 5.16 Å². The Kier molecular flexibility index (Phi) is 3.78. The second kappa shape index (κ2) is 5.16. The minimum Gasteiger partial charge on any atom is -0.409 e. The van der Waals surface area contributed by atoms with Gasteiger partial charge in [0.1, 0.15) is 5.92 Å². The highest BCUT2D eigenvalue weighted by molar-refractivity contribution is 6.02. The number of amidine groups is 1. The van der Waals surface area contributed by atoms with E-state index >= 15 is 0 Å². The number of oxime groups is 1. The molecule has 3 N–H and O–H groups in total. The Morgan fingerprint density at radius 3 is 2.33 bits per heavy atom. The van der Waals surface area contributed by atoms with Gasteiger partial charge in [0.25, 0.3) is 0 Å². The summed E-state index contributed by atoms with van der Waals surface area (Å²) in [6, 6.07) is 0. The van der Waals surface area contributed by atoms with Gasteiger partial charge in [-0.3, -0.25) is 4.79 Å². The monoisotopic (exact) mass is 253 g/mol. The van der Waals surface area contributed by atoms with E-state index in [9.17, 15) is 4.79 Å². The SMILES string of the molecule is CC(C)C(C(=O)N1CC2CCCC2C1)C(N)=NO. The number of fused-ring (bicyclic) bond motifs is 1. The Bertz CT molecular complexity index is 342. The van der Waals surface area contributed by atoms with Crippen LogP contribution in [0.3, 0.4) is 0 Å². The Morgan fingerprint density at radius 2 is 1.89 bits per heavy atom. The van der Waals surface area contributed by atoms with E-state index in [1.807, 2.05) is 18.7 Å². The van der Waals surface area contributed by atoms with E-state index in [1.165, 1.54) is 19.3 Å². The number of carbonyl (C=O) groups is 1. The lowest BCUT2D eigenvalue weighted by atomic mass is 9.93. The van der Waals surface area contributed by atoms with Gasteiger partial charge in [-0.1, -0.05) is 25.4 Å². The minimum absolute atomic E-state index is 0.0229. The standard InChI is InChI=1S/C13H23N3O2/c1-8(2)11(12(14)15-18)13(17)16-6-9-4-3-5-10(9)7-16/h8-11,18H,3-7H2,1-2H3,(H2,14,15). The molecule has 0 aromatic carbocycles. The molecule has 3 atom stereocenters. The second-order valence-electron chi connectivity index (χ2n) is 5.94. The van der Waals surface area contributed by atoms with Gasteiger partial charge >= 0.3 is 0 Å². The molecule has 2 aliphatic rings. The van der Waals surface area contributed by atoms with Crippen LogP contribution in [0.2, 0.25) is 0 Å². The summed E-state index contributed by atoms with van der Waals surface area (Å²) in [5.41, 5.74) is 5.65. The number of rotatable bonds is 3. The summed E-state index contributed by atoms with van der Waals surface area (Å²) in [6.45, 7) is 5.56. The molecular formula is C13H23N3O2. The maximum atomic E-state index is 12.5. The molecule has 0 spiro atoms. The van der Waals surface area contributed by atoms with Gasteiger partial charge in [-0.25, -0.2) is 0 Å². The number of hydrogen-bond acceptors (Lipinski definition) is 3. The number of hydrogen-bond donors (Lipinski definition) is 2. The van der Waals surface area contributed by atoms with Gasteiger partial charge < -0.3 is 15.8 Å². The molecule has 1 saturated carbocycles. The zero-order chi connectivity index (χ0) is 13.3. The Hall–Kier alpha value is -1.26. The summed E-state index contributed by atoms with van der Waals surface area (Å²) < 4.78 is 0. The summed E-state index contributed by atoms with van der Waals surface area (Å²) in [5, 5.41) is 11.8. The molecule has 1 aliphatic heterocycles. The predicted molar refractivity (Wildman–Crippen MR) is 69.1 cm³/mol. The molecule has 2 rings (SSSR count). The van der Waals surface area contributed by atoms with Gasteiger partial charge in [-0.15, -0.1) is 0 Å². The van der Waals surface area contributed by atoms with Crippen LogP contribution in [0.25, 0.3) is 0 Å². The topological polar surface area (TPSA) is 78.9 Å². The molecule has 1 amide bonds. The van der Waals surface area contributed by atoms with E-state index in [0.29, 0.717) is 11.8 Å². The molecule has 1 heterocycles. The van der Waals surface area contributed by atoms with Crippen LogP contribution < -0.4 is 5.73 Å². The van der Waals surface area contributed by atoms with Crippen molar-refractivity contribution in [2.75, 3.05) is 13.1 Å². The van der Waals surface area contributed by atoms with Crippen LogP contribution >= 0.6 is 0 Å². The smallest absolute Gasteiger partial charge is 0.233 e. The maximum absolute atomic E-state index is 12.5. The molecule has 1 saturated heterocycles.